The fraction of sp³-hybridized carbons (Fsp3) is 0.364. The molecule has 3 rings (SSSR count). The highest BCUT2D eigenvalue weighted by Crippen LogP contribution is 2.25. The van der Waals surface area contributed by atoms with Gasteiger partial charge in [0, 0.05) is 11.6 Å². The first kappa shape index (κ1) is 21.9. The van der Waals surface area contributed by atoms with E-state index >= 15 is 0 Å². The Kier molecular flexibility index (Phi) is 7.61. The van der Waals surface area contributed by atoms with E-state index in [0.717, 1.165) is 36.2 Å². The lowest BCUT2D eigenvalue weighted by Gasteiger charge is -2.30. The van der Waals surface area contributed by atoms with Crippen molar-refractivity contribution in [3.63, 3.8) is 0 Å². The van der Waals surface area contributed by atoms with Gasteiger partial charge in [0.2, 0.25) is 0 Å². The number of esters is 1. The third kappa shape index (κ3) is 4.91. The summed E-state index contributed by atoms with van der Waals surface area (Å²) in [7, 11) is 1.37. The second kappa shape index (κ2) is 9.71. The first-order valence-corrected chi connectivity index (χ1v) is 9.30. The summed E-state index contributed by atoms with van der Waals surface area (Å²) in [5.74, 6) is 0.0554. The van der Waals surface area contributed by atoms with Crippen LogP contribution >= 0.6 is 12.4 Å². The number of carbonyl (C=O) groups is 2. The van der Waals surface area contributed by atoms with Crippen LogP contribution in [0, 0.1) is 12.8 Å². The SMILES string of the molecule is COC(=O)c1ccc(-c2ccc(C(=O)N[C@@H]3CCNC[C@@H]3C)cc2)c(C)c1.Cl. The van der Waals surface area contributed by atoms with Crippen LogP contribution in [-0.4, -0.2) is 38.1 Å². The number of halogens is 1. The molecule has 150 valence electrons. The summed E-state index contributed by atoms with van der Waals surface area (Å²) in [4.78, 5) is 24.2. The molecule has 1 saturated heterocycles. The van der Waals surface area contributed by atoms with Crippen molar-refractivity contribution >= 4 is 24.3 Å². The summed E-state index contributed by atoms with van der Waals surface area (Å²) in [6, 6.07) is 13.3. The van der Waals surface area contributed by atoms with Gasteiger partial charge in [0.1, 0.15) is 0 Å². The lowest BCUT2D eigenvalue weighted by molar-refractivity contribution is 0.0600. The number of hydrogen-bond acceptors (Lipinski definition) is 4. The van der Waals surface area contributed by atoms with E-state index in [4.69, 9.17) is 4.74 Å². The van der Waals surface area contributed by atoms with Crippen molar-refractivity contribution in [3.8, 4) is 11.1 Å². The van der Waals surface area contributed by atoms with Gasteiger partial charge in [0.05, 0.1) is 12.7 Å². The number of piperidine rings is 1. The van der Waals surface area contributed by atoms with Crippen LogP contribution < -0.4 is 10.6 Å². The van der Waals surface area contributed by atoms with Crippen molar-refractivity contribution in [1.29, 1.82) is 0 Å². The number of rotatable bonds is 4. The maximum absolute atomic E-state index is 12.5. The third-order valence-electron chi connectivity index (χ3n) is 5.21. The molecular weight excluding hydrogens is 376 g/mol. The van der Waals surface area contributed by atoms with Crippen LogP contribution in [-0.2, 0) is 4.74 Å². The van der Waals surface area contributed by atoms with Crippen LogP contribution in [0.1, 0.15) is 39.6 Å². The zero-order valence-corrected chi connectivity index (χ0v) is 17.3. The molecule has 5 nitrogen and oxygen atoms in total. The van der Waals surface area contributed by atoms with Crippen molar-refractivity contribution in [2.45, 2.75) is 26.3 Å². The summed E-state index contributed by atoms with van der Waals surface area (Å²) in [5, 5.41) is 6.49. The smallest absolute Gasteiger partial charge is 0.337 e. The quantitative estimate of drug-likeness (QED) is 0.767. The van der Waals surface area contributed by atoms with Crippen molar-refractivity contribution in [3.05, 3.63) is 59.2 Å². The van der Waals surface area contributed by atoms with E-state index in [1.807, 2.05) is 43.3 Å². The van der Waals surface area contributed by atoms with Gasteiger partial charge in [-0.15, -0.1) is 12.4 Å². The summed E-state index contributed by atoms with van der Waals surface area (Å²) in [6.45, 7) is 5.99. The Bertz CT molecular complexity index is 836. The van der Waals surface area contributed by atoms with Crippen molar-refractivity contribution in [1.82, 2.24) is 10.6 Å². The molecule has 0 aromatic heterocycles. The van der Waals surface area contributed by atoms with Gasteiger partial charge < -0.3 is 15.4 Å². The topological polar surface area (TPSA) is 67.4 Å². The van der Waals surface area contributed by atoms with Crippen LogP contribution in [0.15, 0.2) is 42.5 Å². The standard InChI is InChI=1S/C22H26N2O3.ClH/c1-14-12-18(22(26)27-3)8-9-19(14)16-4-6-17(7-5-16)21(25)24-20-10-11-23-13-15(20)2;/h4-9,12,15,20,23H,10-11,13H2,1-3H3,(H,24,25);1H/t15-,20+;/m0./s1. The van der Waals surface area contributed by atoms with Crippen LogP contribution in [0.25, 0.3) is 11.1 Å². The minimum atomic E-state index is -0.344. The summed E-state index contributed by atoms with van der Waals surface area (Å²) in [5.41, 5.74) is 4.22. The molecule has 0 bridgehead atoms. The largest absolute Gasteiger partial charge is 0.465 e. The normalized spacial score (nSPS) is 18.7. The Morgan fingerprint density at radius 1 is 1.11 bits per heavy atom. The van der Waals surface area contributed by atoms with E-state index in [-0.39, 0.29) is 30.3 Å². The Balaban J connectivity index is 0.00000280. The first-order chi connectivity index (χ1) is 13.0. The number of nitrogens with one attached hydrogen (secondary N) is 2. The monoisotopic (exact) mass is 402 g/mol. The Morgan fingerprint density at radius 3 is 2.39 bits per heavy atom. The number of amides is 1. The fourth-order valence-electron chi connectivity index (χ4n) is 3.51. The van der Waals surface area contributed by atoms with Gasteiger partial charge >= 0.3 is 5.97 Å². The molecule has 0 saturated carbocycles. The Hall–Kier alpha value is -2.37. The lowest BCUT2D eigenvalue weighted by Crippen LogP contribution is -2.48. The molecule has 2 N–H and O–H groups in total. The summed E-state index contributed by atoms with van der Waals surface area (Å²) >= 11 is 0. The van der Waals surface area contributed by atoms with E-state index in [9.17, 15) is 9.59 Å². The van der Waals surface area contributed by atoms with Gasteiger partial charge in [-0.2, -0.15) is 0 Å². The zero-order chi connectivity index (χ0) is 19.4. The van der Waals surface area contributed by atoms with Gasteiger partial charge in [0.25, 0.3) is 5.91 Å². The number of methoxy groups -OCH3 is 1. The number of aryl methyl sites for hydroxylation is 1. The highest BCUT2D eigenvalue weighted by Gasteiger charge is 2.23. The minimum Gasteiger partial charge on any atom is -0.465 e. The molecular formula is C22H27ClN2O3. The van der Waals surface area contributed by atoms with Crippen LogP contribution in [0.3, 0.4) is 0 Å². The van der Waals surface area contributed by atoms with Crippen molar-refractivity contribution in [2.24, 2.45) is 5.92 Å². The van der Waals surface area contributed by atoms with Crippen LogP contribution in [0.4, 0.5) is 0 Å². The Labute approximate surface area is 172 Å². The molecule has 0 spiro atoms. The average Bonchev–Trinajstić information content (AvgIpc) is 2.69. The van der Waals surface area contributed by atoms with E-state index in [1.165, 1.54) is 7.11 Å². The van der Waals surface area contributed by atoms with E-state index < -0.39 is 0 Å². The molecule has 6 heteroatoms. The van der Waals surface area contributed by atoms with Crippen LogP contribution in [0.2, 0.25) is 0 Å². The molecule has 0 unspecified atom stereocenters. The number of ether oxygens (including phenoxy) is 1. The van der Waals surface area contributed by atoms with Crippen molar-refractivity contribution in [2.75, 3.05) is 20.2 Å². The molecule has 2 aromatic rings. The van der Waals surface area contributed by atoms with Gasteiger partial charge in [-0.25, -0.2) is 4.79 Å². The zero-order valence-electron chi connectivity index (χ0n) is 16.5. The molecule has 1 fully saturated rings. The molecule has 2 aromatic carbocycles. The van der Waals surface area contributed by atoms with Gasteiger partial charge in [-0.3, -0.25) is 4.79 Å². The maximum Gasteiger partial charge on any atom is 0.337 e. The predicted octanol–water partition coefficient (Wildman–Crippen LogP) is 3.60. The second-order valence-corrected chi connectivity index (χ2v) is 7.15. The average molecular weight is 403 g/mol. The van der Waals surface area contributed by atoms with Gasteiger partial charge in [-0.05, 0) is 73.3 Å². The summed E-state index contributed by atoms with van der Waals surface area (Å²) in [6.07, 6.45) is 0.955. The molecule has 1 amide bonds. The number of carbonyl (C=O) groups excluding carboxylic acids is 2. The predicted molar refractivity (Wildman–Crippen MR) is 113 cm³/mol. The summed E-state index contributed by atoms with van der Waals surface area (Å²) < 4.78 is 4.76. The fourth-order valence-corrected chi connectivity index (χ4v) is 3.51. The van der Waals surface area contributed by atoms with Crippen molar-refractivity contribution < 1.29 is 14.3 Å². The number of hydrogen-bond donors (Lipinski definition) is 2. The molecule has 0 radical (unpaired) electrons. The van der Waals surface area contributed by atoms with E-state index in [2.05, 4.69) is 17.6 Å². The lowest BCUT2D eigenvalue weighted by atomic mass is 9.94. The van der Waals surface area contributed by atoms with Gasteiger partial charge in [-0.1, -0.05) is 25.1 Å². The molecule has 28 heavy (non-hydrogen) atoms. The van der Waals surface area contributed by atoms with Crippen LogP contribution in [0.5, 0.6) is 0 Å². The molecule has 1 aliphatic heterocycles. The molecule has 1 aliphatic rings. The highest BCUT2D eigenvalue weighted by molar-refractivity contribution is 5.95. The first-order valence-electron chi connectivity index (χ1n) is 9.30. The Morgan fingerprint density at radius 2 is 1.79 bits per heavy atom. The molecule has 0 aliphatic carbocycles. The third-order valence-corrected chi connectivity index (χ3v) is 5.21. The number of benzene rings is 2. The maximum atomic E-state index is 12.5. The van der Waals surface area contributed by atoms with E-state index in [1.54, 1.807) is 6.07 Å². The molecule has 1 heterocycles. The molecule has 2 atom stereocenters. The van der Waals surface area contributed by atoms with Gasteiger partial charge in [0.15, 0.2) is 0 Å². The highest BCUT2D eigenvalue weighted by atomic mass is 35.5. The minimum absolute atomic E-state index is 0. The second-order valence-electron chi connectivity index (χ2n) is 7.15. The van der Waals surface area contributed by atoms with E-state index in [0.29, 0.717) is 17.0 Å².